The Morgan fingerprint density at radius 2 is 1.92 bits per heavy atom. The minimum Gasteiger partial charge on any atom is -0.350 e. The second kappa shape index (κ2) is 7.33. The van der Waals surface area contributed by atoms with Crippen molar-refractivity contribution >= 4 is 29.2 Å². The van der Waals surface area contributed by atoms with Crippen LogP contribution in [0.5, 0.6) is 0 Å². The van der Waals surface area contributed by atoms with Gasteiger partial charge in [-0.05, 0) is 39.3 Å². The SMILES string of the molecule is CC(C)(C)NC(=O)CNC(=O)Nc1ccccc1N1CCCC1=O. The van der Waals surface area contributed by atoms with Crippen LogP contribution >= 0.6 is 0 Å². The van der Waals surface area contributed by atoms with Gasteiger partial charge in [0.05, 0.1) is 17.9 Å². The van der Waals surface area contributed by atoms with Crippen LogP contribution < -0.4 is 20.9 Å². The number of amides is 4. The fraction of sp³-hybridized carbons (Fsp3) is 0.471. The van der Waals surface area contributed by atoms with Gasteiger partial charge in [0.25, 0.3) is 0 Å². The predicted molar refractivity (Wildman–Crippen MR) is 92.9 cm³/mol. The van der Waals surface area contributed by atoms with Crippen LogP contribution in [0.15, 0.2) is 24.3 Å². The summed E-state index contributed by atoms with van der Waals surface area (Å²) in [5, 5.41) is 7.99. The molecule has 0 saturated carbocycles. The summed E-state index contributed by atoms with van der Waals surface area (Å²) in [5.41, 5.74) is 0.869. The summed E-state index contributed by atoms with van der Waals surface area (Å²) in [6.45, 7) is 6.14. The molecule has 7 nitrogen and oxygen atoms in total. The van der Waals surface area contributed by atoms with Crippen LogP contribution in [0.3, 0.4) is 0 Å². The minimum atomic E-state index is -0.488. The standard InChI is InChI=1S/C17H24N4O3/c1-17(2,3)20-14(22)11-18-16(24)19-12-7-4-5-8-13(12)21-10-6-9-15(21)23/h4-5,7-8H,6,9-11H2,1-3H3,(H,20,22)(H2,18,19,24). The fourth-order valence-electron chi connectivity index (χ4n) is 2.51. The molecule has 1 aromatic rings. The highest BCUT2D eigenvalue weighted by molar-refractivity contribution is 6.02. The maximum absolute atomic E-state index is 12.0. The molecule has 1 saturated heterocycles. The number of urea groups is 1. The van der Waals surface area contributed by atoms with Gasteiger partial charge in [0.2, 0.25) is 11.8 Å². The van der Waals surface area contributed by atoms with Gasteiger partial charge < -0.3 is 20.9 Å². The molecule has 0 atom stereocenters. The number of rotatable bonds is 4. The molecule has 0 radical (unpaired) electrons. The van der Waals surface area contributed by atoms with E-state index in [4.69, 9.17) is 0 Å². The summed E-state index contributed by atoms with van der Waals surface area (Å²) in [6.07, 6.45) is 1.33. The third-order valence-electron chi connectivity index (χ3n) is 3.44. The first-order valence-electron chi connectivity index (χ1n) is 8.01. The van der Waals surface area contributed by atoms with Crippen molar-refractivity contribution in [2.75, 3.05) is 23.3 Å². The van der Waals surface area contributed by atoms with Gasteiger partial charge in [-0.15, -0.1) is 0 Å². The molecule has 0 unspecified atom stereocenters. The number of nitrogens with zero attached hydrogens (tertiary/aromatic N) is 1. The minimum absolute atomic E-state index is 0.0502. The average Bonchev–Trinajstić information content (AvgIpc) is 2.90. The smallest absolute Gasteiger partial charge is 0.319 e. The summed E-state index contributed by atoms with van der Waals surface area (Å²) in [4.78, 5) is 37.3. The molecule has 3 N–H and O–H groups in total. The molecule has 1 fully saturated rings. The Balaban J connectivity index is 1.95. The number of carbonyl (C=O) groups is 3. The normalized spacial score (nSPS) is 14.5. The van der Waals surface area contributed by atoms with Crippen molar-refractivity contribution in [2.24, 2.45) is 0 Å². The van der Waals surface area contributed by atoms with Gasteiger partial charge in [-0.2, -0.15) is 0 Å². The van der Waals surface area contributed by atoms with Gasteiger partial charge in [-0.3, -0.25) is 9.59 Å². The van der Waals surface area contributed by atoms with Crippen molar-refractivity contribution in [3.63, 3.8) is 0 Å². The van der Waals surface area contributed by atoms with Gasteiger partial charge in [0.15, 0.2) is 0 Å². The van der Waals surface area contributed by atoms with Crippen molar-refractivity contribution in [1.29, 1.82) is 0 Å². The summed E-state index contributed by atoms with van der Waals surface area (Å²) < 4.78 is 0. The number of nitrogens with one attached hydrogen (secondary N) is 3. The zero-order valence-corrected chi connectivity index (χ0v) is 14.3. The molecule has 4 amide bonds. The highest BCUT2D eigenvalue weighted by Crippen LogP contribution is 2.29. The van der Waals surface area contributed by atoms with Crippen LogP contribution in [-0.2, 0) is 9.59 Å². The van der Waals surface area contributed by atoms with E-state index in [0.29, 0.717) is 24.3 Å². The zero-order valence-electron chi connectivity index (χ0n) is 14.3. The highest BCUT2D eigenvalue weighted by atomic mass is 16.2. The lowest BCUT2D eigenvalue weighted by Gasteiger charge is -2.21. The number of anilines is 2. The van der Waals surface area contributed by atoms with Crippen molar-refractivity contribution in [1.82, 2.24) is 10.6 Å². The third kappa shape index (κ3) is 4.97. The Morgan fingerprint density at radius 3 is 2.54 bits per heavy atom. The molecule has 1 aliphatic heterocycles. The van der Waals surface area contributed by atoms with Crippen LogP contribution in [0.2, 0.25) is 0 Å². The van der Waals surface area contributed by atoms with Gasteiger partial charge in [-0.1, -0.05) is 12.1 Å². The molecule has 0 spiro atoms. The van der Waals surface area contributed by atoms with Crippen LogP contribution in [0.25, 0.3) is 0 Å². The molecule has 1 aliphatic rings. The first-order valence-corrected chi connectivity index (χ1v) is 8.01. The lowest BCUT2D eigenvalue weighted by atomic mass is 10.1. The second-order valence-corrected chi connectivity index (χ2v) is 6.77. The van der Waals surface area contributed by atoms with Crippen molar-refractivity contribution < 1.29 is 14.4 Å². The molecule has 2 rings (SSSR count). The first kappa shape index (κ1) is 17.8. The fourth-order valence-corrected chi connectivity index (χ4v) is 2.51. The Hall–Kier alpha value is -2.57. The van der Waals surface area contributed by atoms with E-state index in [2.05, 4.69) is 16.0 Å². The molecule has 0 aromatic heterocycles. The lowest BCUT2D eigenvalue weighted by molar-refractivity contribution is -0.121. The maximum Gasteiger partial charge on any atom is 0.319 e. The summed E-state index contributed by atoms with van der Waals surface area (Å²) in [5.74, 6) is -0.213. The topological polar surface area (TPSA) is 90.5 Å². The van der Waals surface area contributed by atoms with E-state index in [0.717, 1.165) is 6.42 Å². The lowest BCUT2D eigenvalue weighted by Crippen LogP contribution is -2.46. The van der Waals surface area contributed by atoms with E-state index in [9.17, 15) is 14.4 Å². The second-order valence-electron chi connectivity index (χ2n) is 6.77. The van der Waals surface area contributed by atoms with E-state index >= 15 is 0 Å². The maximum atomic E-state index is 12.0. The molecule has 0 bridgehead atoms. The zero-order chi connectivity index (χ0) is 17.7. The third-order valence-corrected chi connectivity index (χ3v) is 3.44. The number of carbonyl (C=O) groups excluding carboxylic acids is 3. The molecular weight excluding hydrogens is 308 g/mol. The van der Waals surface area contributed by atoms with E-state index in [-0.39, 0.29) is 23.9 Å². The molecule has 0 aliphatic carbocycles. The quantitative estimate of drug-likeness (QED) is 0.786. The monoisotopic (exact) mass is 332 g/mol. The van der Waals surface area contributed by atoms with Crippen molar-refractivity contribution in [2.45, 2.75) is 39.2 Å². The molecule has 7 heteroatoms. The van der Waals surface area contributed by atoms with Crippen molar-refractivity contribution in [3.05, 3.63) is 24.3 Å². The van der Waals surface area contributed by atoms with E-state index in [1.54, 1.807) is 23.1 Å². The van der Waals surface area contributed by atoms with Gasteiger partial charge in [-0.25, -0.2) is 4.79 Å². The summed E-state index contributed by atoms with van der Waals surface area (Å²) in [6, 6.07) is 6.64. The van der Waals surface area contributed by atoms with Crippen LogP contribution in [0.4, 0.5) is 16.2 Å². The molecular formula is C17H24N4O3. The molecule has 24 heavy (non-hydrogen) atoms. The predicted octanol–water partition coefficient (Wildman–Crippen LogP) is 1.85. The summed E-state index contributed by atoms with van der Waals surface area (Å²) >= 11 is 0. The van der Waals surface area contributed by atoms with E-state index < -0.39 is 6.03 Å². The largest absolute Gasteiger partial charge is 0.350 e. The van der Waals surface area contributed by atoms with Crippen LogP contribution in [0, 0.1) is 0 Å². The van der Waals surface area contributed by atoms with Gasteiger partial charge >= 0.3 is 6.03 Å². The number of hydrogen-bond donors (Lipinski definition) is 3. The van der Waals surface area contributed by atoms with Crippen LogP contribution in [0.1, 0.15) is 33.6 Å². The van der Waals surface area contributed by atoms with E-state index in [1.165, 1.54) is 0 Å². The van der Waals surface area contributed by atoms with Gasteiger partial charge in [0.1, 0.15) is 0 Å². The van der Waals surface area contributed by atoms with Gasteiger partial charge in [0, 0.05) is 18.5 Å². The molecule has 1 heterocycles. The summed E-state index contributed by atoms with van der Waals surface area (Å²) in [7, 11) is 0. The number of benzene rings is 1. The number of hydrogen-bond acceptors (Lipinski definition) is 3. The van der Waals surface area contributed by atoms with Crippen LogP contribution in [-0.4, -0.2) is 36.5 Å². The van der Waals surface area contributed by atoms with Crippen molar-refractivity contribution in [3.8, 4) is 0 Å². The average molecular weight is 332 g/mol. The Morgan fingerprint density at radius 1 is 1.21 bits per heavy atom. The molecule has 1 aromatic carbocycles. The number of para-hydroxylation sites is 2. The Bertz CT molecular complexity index is 637. The Labute approximate surface area is 141 Å². The first-order chi connectivity index (χ1) is 11.3. The molecule has 130 valence electrons. The Kier molecular flexibility index (Phi) is 5.43. The van der Waals surface area contributed by atoms with E-state index in [1.807, 2.05) is 26.8 Å². The highest BCUT2D eigenvalue weighted by Gasteiger charge is 2.24.